The number of nitro groups is 1. The van der Waals surface area contributed by atoms with E-state index in [1.54, 1.807) is 0 Å². The molecule has 20 heavy (non-hydrogen) atoms. The largest absolute Gasteiger partial charge is 0.481 e. The molecule has 7 heteroatoms. The molecule has 0 spiro atoms. The van der Waals surface area contributed by atoms with E-state index in [4.69, 9.17) is 4.74 Å². The van der Waals surface area contributed by atoms with Crippen LogP contribution >= 0.6 is 11.8 Å². The van der Waals surface area contributed by atoms with Gasteiger partial charge in [-0.15, -0.1) is 0 Å². The number of nitrogens with one attached hydrogen (secondary N) is 1. The first kappa shape index (κ1) is 14.9. The van der Waals surface area contributed by atoms with Crippen molar-refractivity contribution >= 4 is 23.3 Å². The standard InChI is InChI=1S/C13H19N3O3S/c1-3-20-11-6-4-5-9(11)14-13-10(16(17)18)7-8-12(15-13)19-2/h7-9,11H,3-6H2,1-2H3,(H,14,15). The predicted molar refractivity (Wildman–Crippen MR) is 80.6 cm³/mol. The first-order chi connectivity index (χ1) is 9.65. The van der Waals surface area contributed by atoms with Crippen LogP contribution in [0.4, 0.5) is 11.5 Å². The third-order valence-corrected chi connectivity index (χ3v) is 4.74. The number of thioether (sulfide) groups is 1. The highest BCUT2D eigenvalue weighted by atomic mass is 32.2. The normalized spacial score (nSPS) is 21.7. The summed E-state index contributed by atoms with van der Waals surface area (Å²) in [6.07, 6.45) is 3.31. The van der Waals surface area contributed by atoms with Crippen molar-refractivity contribution in [1.29, 1.82) is 0 Å². The molecule has 1 aromatic rings. The zero-order valence-electron chi connectivity index (χ0n) is 11.7. The third kappa shape index (κ3) is 3.33. The minimum absolute atomic E-state index is 0.00190. The summed E-state index contributed by atoms with van der Waals surface area (Å²) in [7, 11) is 1.50. The lowest BCUT2D eigenvalue weighted by Crippen LogP contribution is -2.27. The summed E-state index contributed by atoms with van der Waals surface area (Å²) in [6.45, 7) is 2.13. The molecule has 6 nitrogen and oxygen atoms in total. The van der Waals surface area contributed by atoms with Gasteiger partial charge in [0.25, 0.3) is 0 Å². The van der Waals surface area contributed by atoms with E-state index < -0.39 is 4.92 Å². The van der Waals surface area contributed by atoms with Gasteiger partial charge in [0.15, 0.2) is 0 Å². The fraction of sp³-hybridized carbons (Fsp3) is 0.615. The van der Waals surface area contributed by atoms with Crippen molar-refractivity contribution in [2.45, 2.75) is 37.5 Å². The number of hydrogen-bond donors (Lipinski definition) is 1. The van der Waals surface area contributed by atoms with Crippen molar-refractivity contribution in [2.75, 3.05) is 18.2 Å². The molecule has 0 aromatic carbocycles. The van der Waals surface area contributed by atoms with Crippen LogP contribution in [-0.4, -0.2) is 34.1 Å². The molecule has 1 saturated carbocycles. The van der Waals surface area contributed by atoms with E-state index in [0.29, 0.717) is 16.9 Å². The Morgan fingerprint density at radius 2 is 2.35 bits per heavy atom. The zero-order chi connectivity index (χ0) is 14.5. The first-order valence-electron chi connectivity index (χ1n) is 6.73. The van der Waals surface area contributed by atoms with Crippen LogP contribution in [0.15, 0.2) is 12.1 Å². The molecular weight excluding hydrogens is 278 g/mol. The number of hydrogen-bond acceptors (Lipinski definition) is 6. The predicted octanol–water partition coefficient (Wildman–Crippen LogP) is 3.08. The first-order valence-corrected chi connectivity index (χ1v) is 7.78. The highest BCUT2D eigenvalue weighted by Gasteiger charge is 2.29. The molecule has 1 N–H and O–H groups in total. The van der Waals surface area contributed by atoms with E-state index >= 15 is 0 Å². The second-order valence-electron chi connectivity index (χ2n) is 4.65. The molecule has 0 amide bonds. The monoisotopic (exact) mass is 297 g/mol. The molecule has 0 bridgehead atoms. The number of aromatic nitrogens is 1. The minimum atomic E-state index is -0.411. The lowest BCUT2D eigenvalue weighted by atomic mass is 10.2. The smallest absolute Gasteiger partial charge is 0.311 e. The van der Waals surface area contributed by atoms with Gasteiger partial charge in [0, 0.05) is 23.4 Å². The Kier molecular flexibility index (Phi) is 5.05. The van der Waals surface area contributed by atoms with E-state index in [1.165, 1.54) is 19.2 Å². The molecule has 2 atom stereocenters. The van der Waals surface area contributed by atoms with Crippen LogP contribution in [0.2, 0.25) is 0 Å². The Hall–Kier alpha value is -1.50. The molecule has 110 valence electrons. The summed E-state index contributed by atoms with van der Waals surface area (Å²) in [5.41, 5.74) is -0.00190. The molecule has 1 heterocycles. The van der Waals surface area contributed by atoms with Crippen molar-refractivity contribution in [3.8, 4) is 5.88 Å². The summed E-state index contributed by atoms with van der Waals surface area (Å²) >= 11 is 1.90. The van der Waals surface area contributed by atoms with Gasteiger partial charge in [-0.3, -0.25) is 10.1 Å². The van der Waals surface area contributed by atoms with Gasteiger partial charge in [0.05, 0.1) is 12.0 Å². The summed E-state index contributed by atoms with van der Waals surface area (Å²) in [5.74, 6) is 1.75. The number of pyridine rings is 1. The number of anilines is 1. The van der Waals surface area contributed by atoms with Gasteiger partial charge >= 0.3 is 5.69 Å². The summed E-state index contributed by atoms with van der Waals surface area (Å²) in [6, 6.07) is 3.18. The van der Waals surface area contributed by atoms with E-state index in [-0.39, 0.29) is 11.7 Å². The molecular formula is C13H19N3O3S. The Balaban J connectivity index is 2.20. The van der Waals surface area contributed by atoms with Crippen molar-refractivity contribution in [3.05, 3.63) is 22.2 Å². The lowest BCUT2D eigenvalue weighted by Gasteiger charge is -2.20. The lowest BCUT2D eigenvalue weighted by molar-refractivity contribution is -0.384. The number of methoxy groups -OCH3 is 1. The van der Waals surface area contributed by atoms with Gasteiger partial charge in [-0.05, 0) is 18.6 Å². The van der Waals surface area contributed by atoms with Crippen molar-refractivity contribution < 1.29 is 9.66 Å². The van der Waals surface area contributed by atoms with Crippen molar-refractivity contribution in [1.82, 2.24) is 4.98 Å². The molecule has 2 rings (SSSR count). The Bertz CT molecular complexity index is 484. The molecule has 2 unspecified atom stereocenters. The summed E-state index contributed by atoms with van der Waals surface area (Å²) in [5, 5.41) is 14.8. The van der Waals surface area contributed by atoms with Crippen LogP contribution in [0.5, 0.6) is 5.88 Å². The van der Waals surface area contributed by atoms with Crippen LogP contribution in [0, 0.1) is 10.1 Å². The van der Waals surface area contributed by atoms with Crippen LogP contribution < -0.4 is 10.1 Å². The number of rotatable bonds is 6. The quantitative estimate of drug-likeness (QED) is 0.642. The molecule has 0 radical (unpaired) electrons. The van der Waals surface area contributed by atoms with Crippen molar-refractivity contribution in [2.24, 2.45) is 0 Å². The van der Waals surface area contributed by atoms with Gasteiger partial charge in [-0.2, -0.15) is 16.7 Å². The highest BCUT2D eigenvalue weighted by Crippen LogP contribution is 2.34. The van der Waals surface area contributed by atoms with E-state index in [9.17, 15) is 10.1 Å². The van der Waals surface area contributed by atoms with Crippen LogP contribution in [0.3, 0.4) is 0 Å². The van der Waals surface area contributed by atoms with Gasteiger partial charge in [0.2, 0.25) is 11.7 Å². The molecule has 1 aromatic heterocycles. The van der Waals surface area contributed by atoms with E-state index in [0.717, 1.165) is 25.0 Å². The topological polar surface area (TPSA) is 77.3 Å². The van der Waals surface area contributed by atoms with Crippen molar-refractivity contribution in [3.63, 3.8) is 0 Å². The van der Waals surface area contributed by atoms with Gasteiger partial charge in [-0.1, -0.05) is 13.3 Å². The molecule has 1 aliphatic carbocycles. The second kappa shape index (κ2) is 6.78. The second-order valence-corrected chi connectivity index (χ2v) is 6.17. The molecule has 1 aliphatic rings. The minimum Gasteiger partial charge on any atom is -0.481 e. The van der Waals surface area contributed by atoms with Gasteiger partial charge < -0.3 is 10.1 Å². The Labute approximate surface area is 122 Å². The van der Waals surface area contributed by atoms with Crippen LogP contribution in [0.25, 0.3) is 0 Å². The van der Waals surface area contributed by atoms with Gasteiger partial charge in [0.1, 0.15) is 0 Å². The van der Waals surface area contributed by atoms with E-state index in [1.807, 2.05) is 11.8 Å². The number of nitrogens with zero attached hydrogens (tertiary/aromatic N) is 2. The Morgan fingerprint density at radius 3 is 3.00 bits per heavy atom. The fourth-order valence-electron chi connectivity index (χ4n) is 2.48. The van der Waals surface area contributed by atoms with E-state index in [2.05, 4.69) is 17.2 Å². The number of ether oxygens (including phenoxy) is 1. The fourth-order valence-corrected chi connectivity index (χ4v) is 3.68. The maximum atomic E-state index is 11.1. The maximum Gasteiger partial charge on any atom is 0.311 e. The average molecular weight is 297 g/mol. The zero-order valence-corrected chi connectivity index (χ0v) is 12.5. The summed E-state index contributed by atoms with van der Waals surface area (Å²) < 4.78 is 5.05. The van der Waals surface area contributed by atoms with Crippen LogP contribution in [0.1, 0.15) is 26.2 Å². The Morgan fingerprint density at radius 1 is 1.55 bits per heavy atom. The molecule has 1 fully saturated rings. The average Bonchev–Trinajstić information content (AvgIpc) is 2.86. The molecule has 0 aliphatic heterocycles. The highest BCUT2D eigenvalue weighted by molar-refractivity contribution is 7.99. The third-order valence-electron chi connectivity index (χ3n) is 3.41. The van der Waals surface area contributed by atoms with Gasteiger partial charge in [-0.25, -0.2) is 0 Å². The maximum absolute atomic E-state index is 11.1. The molecule has 0 saturated heterocycles. The SMILES string of the molecule is CCSC1CCCC1Nc1nc(OC)ccc1[N+](=O)[O-]. The van der Waals surface area contributed by atoms with Crippen LogP contribution in [-0.2, 0) is 0 Å². The summed E-state index contributed by atoms with van der Waals surface area (Å²) in [4.78, 5) is 14.9.